The number of esters is 1. The van der Waals surface area contributed by atoms with Gasteiger partial charge in [-0.05, 0) is 25.1 Å². The van der Waals surface area contributed by atoms with Crippen LogP contribution in [0.1, 0.15) is 21.9 Å². The Kier molecular flexibility index (Phi) is 6.72. The zero-order valence-corrected chi connectivity index (χ0v) is 16.8. The van der Waals surface area contributed by atoms with Crippen LogP contribution in [0.2, 0.25) is 5.02 Å². The highest BCUT2D eigenvalue weighted by Crippen LogP contribution is 2.21. The quantitative estimate of drug-likeness (QED) is 0.745. The Bertz CT molecular complexity index is 844. The summed E-state index contributed by atoms with van der Waals surface area (Å²) in [4.78, 5) is 28.3. The molecular formula is C20H24ClN3O4. The minimum absolute atomic E-state index is 0.0778. The van der Waals surface area contributed by atoms with Crippen LogP contribution in [0.5, 0.6) is 0 Å². The molecular weight excluding hydrogens is 382 g/mol. The van der Waals surface area contributed by atoms with Crippen LogP contribution < -0.4 is 5.32 Å². The zero-order valence-electron chi connectivity index (χ0n) is 16.0. The molecule has 0 bridgehead atoms. The van der Waals surface area contributed by atoms with Crippen LogP contribution in [0.4, 0.5) is 5.69 Å². The molecule has 7 nitrogen and oxygen atoms in total. The largest absolute Gasteiger partial charge is 0.465 e. The number of carbonyl (C=O) groups is 2. The SMILES string of the molecule is COC(=O)c1cc(CN2CCN(CC(=O)Nc3ccccc3Cl)CC2)oc1C. The number of para-hydroxylation sites is 1. The summed E-state index contributed by atoms with van der Waals surface area (Å²) in [5, 5.41) is 3.38. The van der Waals surface area contributed by atoms with Gasteiger partial charge in [-0.2, -0.15) is 0 Å². The molecule has 0 saturated carbocycles. The highest BCUT2D eigenvalue weighted by atomic mass is 35.5. The standard InChI is InChI=1S/C20H24ClN3O4/c1-14-16(20(26)27-2)11-15(28-14)12-23-7-9-24(10-8-23)13-19(25)22-18-6-4-3-5-17(18)21/h3-6,11H,7-10,12-13H2,1-2H3,(H,22,25). The Morgan fingerprint density at radius 2 is 1.86 bits per heavy atom. The molecule has 0 spiro atoms. The normalized spacial score (nSPS) is 15.4. The van der Waals surface area contributed by atoms with Crippen molar-refractivity contribution in [3.8, 4) is 0 Å². The maximum absolute atomic E-state index is 12.3. The van der Waals surface area contributed by atoms with E-state index in [0.29, 0.717) is 35.1 Å². The molecule has 1 N–H and O–H groups in total. The zero-order chi connectivity index (χ0) is 20.1. The summed E-state index contributed by atoms with van der Waals surface area (Å²) in [6.07, 6.45) is 0. The molecule has 1 aliphatic rings. The van der Waals surface area contributed by atoms with Crippen molar-refractivity contribution < 1.29 is 18.7 Å². The van der Waals surface area contributed by atoms with Gasteiger partial charge in [-0.15, -0.1) is 0 Å². The molecule has 1 aromatic heterocycles. The first kappa shape index (κ1) is 20.4. The number of amides is 1. The summed E-state index contributed by atoms with van der Waals surface area (Å²) in [5.74, 6) is 0.840. The molecule has 1 aromatic carbocycles. The van der Waals surface area contributed by atoms with Gasteiger partial charge < -0.3 is 14.5 Å². The number of benzene rings is 1. The van der Waals surface area contributed by atoms with Gasteiger partial charge in [0.2, 0.25) is 5.91 Å². The minimum Gasteiger partial charge on any atom is -0.465 e. The summed E-state index contributed by atoms with van der Waals surface area (Å²) < 4.78 is 10.4. The molecule has 8 heteroatoms. The fraction of sp³-hybridized carbons (Fsp3) is 0.400. The van der Waals surface area contributed by atoms with E-state index in [9.17, 15) is 9.59 Å². The van der Waals surface area contributed by atoms with Crippen LogP contribution >= 0.6 is 11.6 Å². The van der Waals surface area contributed by atoms with Crippen LogP contribution in [-0.2, 0) is 16.1 Å². The smallest absolute Gasteiger partial charge is 0.341 e. The number of hydrogen-bond donors (Lipinski definition) is 1. The number of halogens is 1. The van der Waals surface area contributed by atoms with E-state index in [1.807, 2.05) is 12.1 Å². The lowest BCUT2D eigenvalue weighted by Crippen LogP contribution is -2.48. The van der Waals surface area contributed by atoms with Crippen LogP contribution in [0.25, 0.3) is 0 Å². The maximum Gasteiger partial charge on any atom is 0.341 e. The molecule has 3 rings (SSSR count). The van der Waals surface area contributed by atoms with E-state index in [4.69, 9.17) is 20.8 Å². The lowest BCUT2D eigenvalue weighted by Gasteiger charge is -2.33. The fourth-order valence-corrected chi connectivity index (χ4v) is 3.40. The summed E-state index contributed by atoms with van der Waals surface area (Å²) in [5.41, 5.74) is 1.09. The van der Waals surface area contributed by atoms with Crippen molar-refractivity contribution in [1.82, 2.24) is 9.80 Å². The predicted octanol–water partition coefficient (Wildman–Crippen LogP) is 2.78. The third-order valence-electron chi connectivity index (χ3n) is 4.73. The number of nitrogens with one attached hydrogen (secondary N) is 1. The Morgan fingerprint density at radius 1 is 1.18 bits per heavy atom. The first-order chi connectivity index (χ1) is 13.5. The average Bonchev–Trinajstić information content (AvgIpc) is 3.04. The second kappa shape index (κ2) is 9.23. The van der Waals surface area contributed by atoms with Crippen molar-refractivity contribution in [2.75, 3.05) is 45.2 Å². The third kappa shape index (κ3) is 5.13. The highest BCUT2D eigenvalue weighted by Gasteiger charge is 2.22. The summed E-state index contributed by atoms with van der Waals surface area (Å²) >= 11 is 6.08. The van der Waals surface area contributed by atoms with E-state index in [0.717, 1.165) is 31.9 Å². The van der Waals surface area contributed by atoms with E-state index in [1.165, 1.54) is 7.11 Å². The lowest BCUT2D eigenvalue weighted by atomic mass is 10.2. The van der Waals surface area contributed by atoms with Crippen molar-refractivity contribution in [3.05, 3.63) is 52.4 Å². The van der Waals surface area contributed by atoms with Gasteiger partial charge in [0.15, 0.2) is 0 Å². The van der Waals surface area contributed by atoms with Gasteiger partial charge in [-0.3, -0.25) is 14.6 Å². The van der Waals surface area contributed by atoms with Crippen LogP contribution in [0.3, 0.4) is 0 Å². The molecule has 28 heavy (non-hydrogen) atoms. The number of nitrogens with zero attached hydrogens (tertiary/aromatic N) is 2. The summed E-state index contributed by atoms with van der Waals surface area (Å²) in [7, 11) is 1.36. The molecule has 1 fully saturated rings. The topological polar surface area (TPSA) is 75.0 Å². The van der Waals surface area contributed by atoms with Crippen molar-refractivity contribution in [3.63, 3.8) is 0 Å². The Morgan fingerprint density at radius 3 is 2.54 bits per heavy atom. The molecule has 0 unspecified atom stereocenters. The number of piperazine rings is 1. The van der Waals surface area contributed by atoms with Crippen LogP contribution in [-0.4, -0.2) is 61.5 Å². The minimum atomic E-state index is -0.387. The van der Waals surface area contributed by atoms with Crippen LogP contribution in [0.15, 0.2) is 34.7 Å². The van der Waals surface area contributed by atoms with Gasteiger partial charge in [-0.25, -0.2) is 4.79 Å². The molecule has 0 atom stereocenters. The number of carbonyl (C=O) groups excluding carboxylic acids is 2. The van der Waals surface area contributed by atoms with E-state index in [2.05, 4.69) is 15.1 Å². The molecule has 150 valence electrons. The number of ether oxygens (including phenoxy) is 1. The third-order valence-corrected chi connectivity index (χ3v) is 5.06. The van der Waals surface area contributed by atoms with E-state index < -0.39 is 0 Å². The highest BCUT2D eigenvalue weighted by molar-refractivity contribution is 6.33. The van der Waals surface area contributed by atoms with Gasteiger partial charge in [0.05, 0.1) is 30.9 Å². The number of anilines is 1. The first-order valence-electron chi connectivity index (χ1n) is 9.13. The fourth-order valence-electron chi connectivity index (χ4n) is 3.22. The van der Waals surface area contributed by atoms with Gasteiger partial charge >= 0.3 is 5.97 Å². The Hall–Kier alpha value is -2.35. The van der Waals surface area contributed by atoms with Crippen molar-refractivity contribution in [2.45, 2.75) is 13.5 Å². The number of hydrogen-bond acceptors (Lipinski definition) is 6. The van der Waals surface area contributed by atoms with Crippen molar-refractivity contribution in [1.29, 1.82) is 0 Å². The second-order valence-corrected chi connectivity index (χ2v) is 7.16. The van der Waals surface area contributed by atoms with E-state index in [1.54, 1.807) is 25.1 Å². The molecule has 1 aliphatic heterocycles. The predicted molar refractivity (Wildman–Crippen MR) is 107 cm³/mol. The molecule has 0 aliphatic carbocycles. The number of rotatable bonds is 6. The van der Waals surface area contributed by atoms with E-state index >= 15 is 0 Å². The van der Waals surface area contributed by atoms with Gasteiger partial charge in [0.25, 0.3) is 0 Å². The van der Waals surface area contributed by atoms with Crippen molar-refractivity contribution >= 4 is 29.2 Å². The van der Waals surface area contributed by atoms with Gasteiger partial charge in [-0.1, -0.05) is 23.7 Å². The summed E-state index contributed by atoms with van der Waals surface area (Å²) in [6, 6.07) is 8.93. The number of methoxy groups -OCH3 is 1. The number of aryl methyl sites for hydroxylation is 1. The molecule has 2 aromatic rings. The first-order valence-corrected chi connectivity index (χ1v) is 9.50. The lowest BCUT2D eigenvalue weighted by molar-refractivity contribution is -0.117. The second-order valence-electron chi connectivity index (χ2n) is 6.75. The van der Waals surface area contributed by atoms with Crippen LogP contribution in [0, 0.1) is 6.92 Å². The van der Waals surface area contributed by atoms with Crippen molar-refractivity contribution in [2.24, 2.45) is 0 Å². The van der Waals surface area contributed by atoms with Gasteiger partial charge in [0, 0.05) is 26.2 Å². The summed E-state index contributed by atoms with van der Waals surface area (Å²) in [6.45, 7) is 5.88. The average molecular weight is 406 g/mol. The van der Waals surface area contributed by atoms with E-state index in [-0.39, 0.29) is 11.9 Å². The Labute approximate surface area is 169 Å². The molecule has 1 saturated heterocycles. The monoisotopic (exact) mass is 405 g/mol. The molecule has 2 heterocycles. The maximum atomic E-state index is 12.3. The number of furan rings is 1. The molecule has 1 amide bonds. The Balaban J connectivity index is 1.46. The molecule has 0 radical (unpaired) electrons. The van der Waals surface area contributed by atoms with Gasteiger partial charge in [0.1, 0.15) is 17.1 Å².